The van der Waals surface area contributed by atoms with Gasteiger partial charge in [0.15, 0.2) is 0 Å². The lowest BCUT2D eigenvalue weighted by Crippen LogP contribution is -2.19. The molecule has 3 N–H and O–H groups in total. The van der Waals surface area contributed by atoms with Gasteiger partial charge in [-0.1, -0.05) is 5.57 Å². The highest BCUT2D eigenvalue weighted by atomic mass is 16.4. The molecule has 4 heteroatoms. The fourth-order valence-corrected chi connectivity index (χ4v) is 1.07. The Bertz CT molecular complexity index is 200. The van der Waals surface area contributed by atoms with Crippen LogP contribution in [0.25, 0.3) is 0 Å². The maximum absolute atomic E-state index is 10.3. The molecule has 0 saturated heterocycles. The molecule has 0 aliphatic carbocycles. The number of rotatable bonds is 7. The molecule has 14 heavy (non-hydrogen) atoms. The van der Waals surface area contributed by atoms with Gasteiger partial charge in [-0.3, -0.25) is 0 Å². The van der Waals surface area contributed by atoms with Crippen LogP contribution in [0.4, 0.5) is 0 Å². The highest BCUT2D eigenvalue weighted by Crippen LogP contribution is 1.94. The largest absolute Gasteiger partial charge is 0.478 e. The van der Waals surface area contributed by atoms with E-state index >= 15 is 0 Å². The molecule has 4 nitrogen and oxygen atoms in total. The maximum atomic E-state index is 10.3. The van der Waals surface area contributed by atoms with Crippen molar-refractivity contribution in [3.05, 3.63) is 11.6 Å². The Balaban J connectivity index is 3.41. The van der Waals surface area contributed by atoms with Crippen LogP contribution in [0.15, 0.2) is 11.6 Å². The maximum Gasteiger partial charge on any atom is 0.328 e. The first-order valence-electron chi connectivity index (χ1n) is 4.81. The first-order chi connectivity index (χ1) is 6.52. The molecular formula is C10H19NO3. The van der Waals surface area contributed by atoms with Crippen molar-refractivity contribution < 1.29 is 15.0 Å². The minimum atomic E-state index is -0.909. The van der Waals surface area contributed by atoms with Crippen molar-refractivity contribution in [2.24, 2.45) is 0 Å². The van der Waals surface area contributed by atoms with E-state index in [0.29, 0.717) is 6.54 Å². The molecule has 0 fully saturated rings. The summed E-state index contributed by atoms with van der Waals surface area (Å²) in [6.07, 6.45) is 2.61. The molecule has 0 aliphatic heterocycles. The van der Waals surface area contributed by atoms with Crippen LogP contribution < -0.4 is 5.32 Å². The fourth-order valence-electron chi connectivity index (χ4n) is 1.07. The summed E-state index contributed by atoms with van der Waals surface area (Å²) in [5, 5.41) is 20.5. The van der Waals surface area contributed by atoms with Crippen LogP contribution in [-0.2, 0) is 4.79 Å². The lowest BCUT2D eigenvalue weighted by Gasteiger charge is -2.05. The molecule has 0 aromatic rings. The smallest absolute Gasteiger partial charge is 0.328 e. The number of aliphatic hydroxyl groups is 1. The lowest BCUT2D eigenvalue weighted by atomic mass is 10.2. The Morgan fingerprint density at radius 2 is 2.21 bits per heavy atom. The van der Waals surface area contributed by atoms with Crippen LogP contribution in [0, 0.1) is 0 Å². The van der Waals surface area contributed by atoms with Crippen LogP contribution >= 0.6 is 0 Å². The zero-order valence-corrected chi connectivity index (χ0v) is 8.79. The molecule has 0 spiro atoms. The number of nitrogens with one attached hydrogen (secondary N) is 1. The molecule has 0 saturated carbocycles. The second-order valence-electron chi connectivity index (χ2n) is 3.50. The number of hydrogen-bond acceptors (Lipinski definition) is 3. The van der Waals surface area contributed by atoms with Gasteiger partial charge in [-0.25, -0.2) is 4.79 Å². The van der Waals surface area contributed by atoms with Gasteiger partial charge < -0.3 is 15.5 Å². The van der Waals surface area contributed by atoms with Gasteiger partial charge in [0.2, 0.25) is 0 Å². The minimum Gasteiger partial charge on any atom is -0.478 e. The highest BCUT2D eigenvalue weighted by molar-refractivity contribution is 5.80. The molecule has 0 radical (unpaired) electrons. The summed E-state index contributed by atoms with van der Waals surface area (Å²) in [6, 6.07) is 0. The van der Waals surface area contributed by atoms with Crippen molar-refractivity contribution in [1.82, 2.24) is 5.32 Å². The predicted octanol–water partition coefficient (Wildman–Crippen LogP) is 0.768. The number of aliphatic hydroxyl groups excluding tert-OH is 1. The molecule has 0 aliphatic rings. The average Bonchev–Trinajstić information content (AvgIpc) is 2.01. The van der Waals surface area contributed by atoms with E-state index in [2.05, 4.69) is 5.32 Å². The fraction of sp³-hybridized carbons (Fsp3) is 0.700. The van der Waals surface area contributed by atoms with Crippen molar-refractivity contribution in [3.8, 4) is 0 Å². The SMILES string of the molecule is CC(=CC(=O)O)CNCCCC(C)O. The van der Waals surface area contributed by atoms with Gasteiger partial charge in [-0.05, 0) is 33.2 Å². The van der Waals surface area contributed by atoms with Crippen LogP contribution in [0.1, 0.15) is 26.7 Å². The Kier molecular flexibility index (Phi) is 7.06. The Hall–Kier alpha value is -0.870. The van der Waals surface area contributed by atoms with E-state index in [1.54, 1.807) is 13.8 Å². The van der Waals surface area contributed by atoms with E-state index in [1.807, 2.05) is 0 Å². The van der Waals surface area contributed by atoms with E-state index in [1.165, 1.54) is 6.08 Å². The van der Waals surface area contributed by atoms with E-state index in [0.717, 1.165) is 25.0 Å². The van der Waals surface area contributed by atoms with Crippen molar-refractivity contribution in [2.45, 2.75) is 32.8 Å². The molecule has 82 valence electrons. The summed E-state index contributed by atoms with van der Waals surface area (Å²) in [6.45, 7) is 4.92. The summed E-state index contributed by atoms with van der Waals surface area (Å²) in [7, 11) is 0. The topological polar surface area (TPSA) is 69.6 Å². The quantitative estimate of drug-likeness (QED) is 0.420. The zero-order valence-electron chi connectivity index (χ0n) is 8.79. The molecule has 0 aromatic carbocycles. The second-order valence-corrected chi connectivity index (χ2v) is 3.50. The third kappa shape index (κ3) is 9.22. The first-order valence-corrected chi connectivity index (χ1v) is 4.81. The van der Waals surface area contributed by atoms with Gasteiger partial charge in [0.25, 0.3) is 0 Å². The van der Waals surface area contributed by atoms with Crippen molar-refractivity contribution in [3.63, 3.8) is 0 Å². The molecule has 1 atom stereocenters. The van der Waals surface area contributed by atoms with Crippen LogP contribution in [-0.4, -0.2) is 35.4 Å². The van der Waals surface area contributed by atoms with E-state index < -0.39 is 5.97 Å². The Morgan fingerprint density at radius 3 is 2.71 bits per heavy atom. The number of carbonyl (C=O) groups is 1. The van der Waals surface area contributed by atoms with Crippen LogP contribution in [0.3, 0.4) is 0 Å². The molecule has 0 heterocycles. The highest BCUT2D eigenvalue weighted by Gasteiger charge is 1.96. The summed E-state index contributed by atoms with van der Waals surface area (Å²) < 4.78 is 0. The van der Waals surface area contributed by atoms with Gasteiger partial charge in [0.05, 0.1) is 6.10 Å². The molecule has 0 rings (SSSR count). The number of aliphatic carboxylic acids is 1. The lowest BCUT2D eigenvalue weighted by molar-refractivity contribution is -0.131. The third-order valence-electron chi connectivity index (χ3n) is 1.75. The molecule has 0 aromatic heterocycles. The second kappa shape index (κ2) is 7.53. The average molecular weight is 201 g/mol. The summed E-state index contributed by atoms with van der Waals surface area (Å²) in [5.41, 5.74) is 0.801. The van der Waals surface area contributed by atoms with Gasteiger partial charge in [-0.2, -0.15) is 0 Å². The van der Waals surface area contributed by atoms with Gasteiger partial charge in [-0.15, -0.1) is 0 Å². The number of carboxylic acids is 1. The van der Waals surface area contributed by atoms with E-state index in [-0.39, 0.29) is 6.10 Å². The molecule has 0 amide bonds. The molecule has 0 bridgehead atoms. The van der Waals surface area contributed by atoms with E-state index in [4.69, 9.17) is 10.2 Å². The summed E-state index contributed by atoms with van der Waals surface area (Å²) in [4.78, 5) is 10.3. The zero-order chi connectivity index (χ0) is 11.0. The van der Waals surface area contributed by atoms with Gasteiger partial charge >= 0.3 is 5.97 Å². The predicted molar refractivity (Wildman–Crippen MR) is 55.2 cm³/mol. The third-order valence-corrected chi connectivity index (χ3v) is 1.75. The Labute approximate surface area is 84.6 Å². The summed E-state index contributed by atoms with van der Waals surface area (Å²) >= 11 is 0. The monoisotopic (exact) mass is 201 g/mol. The van der Waals surface area contributed by atoms with Crippen molar-refractivity contribution in [2.75, 3.05) is 13.1 Å². The van der Waals surface area contributed by atoms with Crippen molar-refractivity contribution >= 4 is 5.97 Å². The molecular weight excluding hydrogens is 182 g/mol. The molecule has 1 unspecified atom stereocenters. The van der Waals surface area contributed by atoms with E-state index in [9.17, 15) is 4.79 Å². The van der Waals surface area contributed by atoms with Gasteiger partial charge in [0, 0.05) is 12.6 Å². The van der Waals surface area contributed by atoms with Crippen LogP contribution in [0.2, 0.25) is 0 Å². The van der Waals surface area contributed by atoms with Gasteiger partial charge in [0.1, 0.15) is 0 Å². The number of hydrogen-bond donors (Lipinski definition) is 3. The summed E-state index contributed by atoms with van der Waals surface area (Å²) in [5.74, 6) is -0.909. The van der Waals surface area contributed by atoms with Crippen LogP contribution in [0.5, 0.6) is 0 Å². The first kappa shape index (κ1) is 13.1. The normalized spacial score (nSPS) is 14.1. The standard InChI is InChI=1S/C10H19NO3/c1-8(6-10(13)14)7-11-5-3-4-9(2)12/h6,9,11-12H,3-5,7H2,1-2H3,(H,13,14). The number of carboxylic acid groups (broad SMARTS) is 1. The minimum absolute atomic E-state index is 0.257. The van der Waals surface area contributed by atoms with Crippen molar-refractivity contribution in [1.29, 1.82) is 0 Å². The Morgan fingerprint density at radius 1 is 1.57 bits per heavy atom.